The molecule has 1 N–H and O–H groups in total. The van der Waals surface area contributed by atoms with E-state index in [0.29, 0.717) is 31.1 Å². The molecule has 1 aromatic carbocycles. The monoisotopic (exact) mass is 522 g/mol. The molecule has 1 fully saturated rings. The summed E-state index contributed by atoms with van der Waals surface area (Å²) in [6.07, 6.45) is -3.07. The highest BCUT2D eigenvalue weighted by molar-refractivity contribution is 7.13. The number of hydrogen-bond acceptors (Lipinski definition) is 8. The van der Waals surface area contributed by atoms with E-state index < -0.39 is 17.3 Å². The van der Waals surface area contributed by atoms with Crippen LogP contribution in [0.3, 0.4) is 0 Å². The lowest BCUT2D eigenvalue weighted by atomic mass is 10.0. The molecule has 1 aliphatic heterocycles. The normalized spacial score (nSPS) is 18.1. The molecule has 3 aromatic rings. The predicted octanol–water partition coefficient (Wildman–Crippen LogP) is 4.00. The molecule has 0 aliphatic carbocycles. The summed E-state index contributed by atoms with van der Waals surface area (Å²) in [7, 11) is 4.77. The van der Waals surface area contributed by atoms with Gasteiger partial charge in [-0.15, -0.1) is 11.3 Å². The maximum atomic E-state index is 14.0. The highest BCUT2D eigenvalue weighted by atomic mass is 32.1. The molecule has 0 radical (unpaired) electrons. The molecule has 2 aromatic heterocycles. The van der Waals surface area contributed by atoms with Crippen LogP contribution in [0, 0.1) is 6.92 Å². The minimum absolute atomic E-state index is 0.0436. The van der Waals surface area contributed by atoms with E-state index in [2.05, 4.69) is 20.2 Å². The second-order valence-electron chi connectivity index (χ2n) is 8.85. The first-order valence-electron chi connectivity index (χ1n) is 11.5. The first-order chi connectivity index (χ1) is 17.0. The van der Waals surface area contributed by atoms with Gasteiger partial charge in [0.2, 0.25) is 0 Å². The van der Waals surface area contributed by atoms with Crippen LogP contribution >= 0.6 is 11.3 Å². The zero-order valence-corrected chi connectivity index (χ0v) is 21.6. The van der Waals surface area contributed by atoms with Crippen molar-refractivity contribution in [2.24, 2.45) is 7.05 Å². The molecule has 3 heterocycles. The van der Waals surface area contributed by atoms with Crippen molar-refractivity contribution in [1.82, 2.24) is 14.5 Å². The fourth-order valence-corrected chi connectivity index (χ4v) is 5.03. The van der Waals surface area contributed by atoms with Gasteiger partial charge in [-0.05, 0) is 32.0 Å². The summed E-state index contributed by atoms with van der Waals surface area (Å²) in [4.78, 5) is 25.9. The van der Waals surface area contributed by atoms with Gasteiger partial charge in [0.25, 0.3) is 5.56 Å². The Morgan fingerprint density at radius 2 is 2.03 bits per heavy atom. The largest absolute Gasteiger partial charge is 0.417 e. The van der Waals surface area contributed by atoms with Crippen molar-refractivity contribution in [3.63, 3.8) is 0 Å². The van der Waals surface area contributed by atoms with Crippen molar-refractivity contribution in [3.8, 4) is 11.4 Å². The minimum Gasteiger partial charge on any atom is -0.378 e. The number of aryl methyl sites for hydroxylation is 1. The highest BCUT2D eigenvalue weighted by Gasteiger charge is 2.37. The lowest BCUT2D eigenvalue weighted by molar-refractivity contribution is -0.137. The summed E-state index contributed by atoms with van der Waals surface area (Å²) >= 11 is 1.52. The van der Waals surface area contributed by atoms with E-state index in [1.165, 1.54) is 29.0 Å². The van der Waals surface area contributed by atoms with E-state index in [0.717, 1.165) is 11.2 Å². The number of ether oxygens (including phenoxy) is 1. The smallest absolute Gasteiger partial charge is 0.378 e. The number of aromatic nitrogens is 3. The Morgan fingerprint density at radius 1 is 1.28 bits per heavy atom. The molecule has 194 valence electrons. The number of nitrogens with one attached hydrogen (secondary N) is 1. The molecule has 1 aliphatic rings. The van der Waals surface area contributed by atoms with Crippen LogP contribution in [0.5, 0.6) is 0 Å². The molecule has 0 saturated carbocycles. The number of hydrogen-bond donors (Lipinski definition) is 1. The first kappa shape index (κ1) is 26.0. The number of halogens is 3. The Balaban J connectivity index is 1.71. The van der Waals surface area contributed by atoms with Crippen molar-refractivity contribution >= 4 is 27.8 Å². The second kappa shape index (κ2) is 10.1. The van der Waals surface area contributed by atoms with Gasteiger partial charge in [-0.3, -0.25) is 9.36 Å². The summed E-state index contributed by atoms with van der Waals surface area (Å²) in [6, 6.07) is 3.79. The van der Waals surface area contributed by atoms with Gasteiger partial charge in [0.1, 0.15) is 11.5 Å². The number of benzene rings is 1. The minimum atomic E-state index is -4.61. The van der Waals surface area contributed by atoms with E-state index in [-0.39, 0.29) is 29.2 Å². The van der Waals surface area contributed by atoms with E-state index in [1.54, 1.807) is 38.2 Å². The Morgan fingerprint density at radius 3 is 2.64 bits per heavy atom. The zero-order chi connectivity index (χ0) is 26.2. The van der Waals surface area contributed by atoms with E-state index in [9.17, 15) is 18.0 Å². The van der Waals surface area contributed by atoms with Crippen molar-refractivity contribution in [3.05, 3.63) is 51.4 Å². The third kappa shape index (κ3) is 5.05. The topological polar surface area (TPSA) is 75.5 Å². The summed E-state index contributed by atoms with van der Waals surface area (Å²) in [5.74, 6) is -0.0436. The molecular weight excluding hydrogens is 493 g/mol. The van der Waals surface area contributed by atoms with Crippen LogP contribution in [0.25, 0.3) is 11.4 Å². The Hall–Kier alpha value is -3.12. The molecule has 2 atom stereocenters. The summed E-state index contributed by atoms with van der Waals surface area (Å²) < 4.78 is 49.0. The molecule has 4 rings (SSSR count). The van der Waals surface area contributed by atoms with Crippen LogP contribution in [0.15, 0.2) is 34.6 Å². The van der Waals surface area contributed by atoms with Gasteiger partial charge in [0, 0.05) is 63.7 Å². The SMILES string of the molecule is CCO[C@H]1CN(c2nccs2)CC1Nc1c(C)nc(-c2ccc(N(C)C)cc2C(F)(F)F)n(C)c1=O. The van der Waals surface area contributed by atoms with Crippen LogP contribution in [0.1, 0.15) is 18.2 Å². The van der Waals surface area contributed by atoms with Gasteiger partial charge < -0.3 is 19.9 Å². The second-order valence-corrected chi connectivity index (χ2v) is 9.72. The molecule has 12 heteroatoms. The average Bonchev–Trinajstić information content (AvgIpc) is 3.49. The standard InChI is InChI=1S/C24H29F3N6O2S/c1-6-35-19-13-33(23-28-9-10-36-23)12-18(19)30-20-14(2)29-21(32(5)22(20)34)16-8-7-15(31(3)4)11-17(16)24(25,26)27/h7-11,18-19,30H,6,12-13H2,1-5H3/t18?,19-/m0/s1. The predicted molar refractivity (Wildman–Crippen MR) is 136 cm³/mol. The maximum absolute atomic E-state index is 14.0. The van der Waals surface area contributed by atoms with E-state index in [4.69, 9.17) is 4.74 Å². The lowest BCUT2D eigenvalue weighted by Crippen LogP contribution is -2.38. The third-order valence-corrected chi connectivity index (χ3v) is 7.04. The molecule has 1 saturated heterocycles. The van der Waals surface area contributed by atoms with Crippen LogP contribution < -0.4 is 20.7 Å². The fourth-order valence-electron chi connectivity index (χ4n) is 4.36. The van der Waals surface area contributed by atoms with Gasteiger partial charge in [0.05, 0.1) is 23.4 Å². The maximum Gasteiger partial charge on any atom is 0.417 e. The summed E-state index contributed by atoms with van der Waals surface area (Å²) in [5.41, 5.74) is -0.478. The van der Waals surface area contributed by atoms with Crippen LogP contribution in [0.4, 0.5) is 29.7 Å². The fraction of sp³-hybridized carbons (Fsp3) is 0.458. The quantitative estimate of drug-likeness (QED) is 0.503. The van der Waals surface area contributed by atoms with Gasteiger partial charge in [-0.25, -0.2) is 9.97 Å². The first-order valence-corrected chi connectivity index (χ1v) is 12.4. The average molecular weight is 523 g/mol. The van der Waals surface area contributed by atoms with Gasteiger partial charge >= 0.3 is 6.18 Å². The molecule has 0 amide bonds. The molecular formula is C24H29F3N6O2S. The van der Waals surface area contributed by atoms with E-state index >= 15 is 0 Å². The van der Waals surface area contributed by atoms with Gasteiger partial charge in [0.15, 0.2) is 5.13 Å². The molecule has 1 unspecified atom stereocenters. The molecule has 0 bridgehead atoms. The Bertz CT molecular complexity index is 1280. The van der Waals surface area contributed by atoms with Crippen molar-refractivity contribution in [1.29, 1.82) is 0 Å². The Labute approximate surface area is 211 Å². The van der Waals surface area contributed by atoms with E-state index in [1.807, 2.05) is 12.3 Å². The van der Waals surface area contributed by atoms with Crippen molar-refractivity contribution < 1.29 is 17.9 Å². The number of alkyl halides is 3. The molecule has 36 heavy (non-hydrogen) atoms. The van der Waals surface area contributed by atoms with Gasteiger partial charge in [-0.1, -0.05) is 0 Å². The van der Waals surface area contributed by atoms with Crippen molar-refractivity contribution in [2.45, 2.75) is 32.2 Å². The summed E-state index contributed by atoms with van der Waals surface area (Å²) in [5, 5.41) is 6.04. The van der Waals surface area contributed by atoms with Crippen molar-refractivity contribution in [2.75, 3.05) is 48.9 Å². The zero-order valence-electron chi connectivity index (χ0n) is 20.8. The molecule has 0 spiro atoms. The lowest BCUT2D eigenvalue weighted by Gasteiger charge is -2.23. The number of rotatable bonds is 7. The van der Waals surface area contributed by atoms with Crippen LogP contribution in [0.2, 0.25) is 0 Å². The van der Waals surface area contributed by atoms with Crippen LogP contribution in [-0.4, -0.2) is 60.5 Å². The number of anilines is 3. The Kier molecular flexibility index (Phi) is 7.28. The number of thiazole rings is 1. The number of nitrogens with zero attached hydrogens (tertiary/aromatic N) is 5. The highest BCUT2D eigenvalue weighted by Crippen LogP contribution is 2.38. The summed E-state index contributed by atoms with van der Waals surface area (Å²) in [6.45, 7) is 5.21. The molecule has 8 nitrogen and oxygen atoms in total. The third-order valence-electron chi connectivity index (χ3n) is 6.20. The van der Waals surface area contributed by atoms with Crippen LogP contribution in [-0.2, 0) is 18.0 Å². The van der Waals surface area contributed by atoms with Gasteiger partial charge in [-0.2, -0.15) is 13.2 Å².